The van der Waals surface area contributed by atoms with E-state index in [1.54, 1.807) is 30.3 Å². The van der Waals surface area contributed by atoms with Crippen molar-refractivity contribution in [3.8, 4) is 0 Å². The smallest absolute Gasteiger partial charge is 0.257 e. The average molecular weight is 322 g/mol. The summed E-state index contributed by atoms with van der Waals surface area (Å²) in [5, 5.41) is 5.84. The van der Waals surface area contributed by atoms with Gasteiger partial charge in [-0.3, -0.25) is 10.1 Å². The second-order valence-corrected chi connectivity index (χ2v) is 4.75. The lowest BCUT2D eigenvalue weighted by atomic mass is 10.1. The normalized spacial score (nSPS) is 9.38. The minimum atomic E-state index is -0.226. The van der Waals surface area contributed by atoms with E-state index in [1.165, 1.54) is 0 Å². The summed E-state index contributed by atoms with van der Waals surface area (Å²) in [4.78, 5) is 12.1. The molecule has 110 valence electrons. The van der Waals surface area contributed by atoms with Crippen LogP contribution in [0.5, 0.6) is 0 Å². The minimum Gasteiger partial charge on any atom is -0.399 e. The number of aryl methyl sites for hydroxylation is 1. The van der Waals surface area contributed by atoms with Gasteiger partial charge < -0.3 is 11.1 Å². The molecule has 0 fully saturated rings. The molecule has 0 radical (unpaired) electrons. The van der Waals surface area contributed by atoms with Crippen molar-refractivity contribution in [1.29, 1.82) is 0 Å². The Labute approximate surface area is 135 Å². The van der Waals surface area contributed by atoms with Crippen LogP contribution in [0.25, 0.3) is 0 Å². The number of thiocarbonyl (C=S) groups is 1. The first kappa shape index (κ1) is 16.9. The Morgan fingerprint density at radius 1 is 1.10 bits per heavy atom. The summed E-state index contributed by atoms with van der Waals surface area (Å²) in [6.07, 6.45) is 0. The van der Waals surface area contributed by atoms with Crippen LogP contribution >= 0.6 is 24.6 Å². The number of nitrogens with two attached hydrogens (primary N) is 1. The van der Waals surface area contributed by atoms with Crippen molar-refractivity contribution in [1.82, 2.24) is 5.32 Å². The summed E-state index contributed by atoms with van der Waals surface area (Å²) in [7, 11) is 0. The zero-order valence-corrected chi connectivity index (χ0v) is 13.1. The van der Waals surface area contributed by atoms with Crippen LogP contribution in [0, 0.1) is 6.92 Å². The predicted octanol–water partition coefficient (Wildman–Crippen LogP) is 3.13. The van der Waals surface area contributed by atoms with E-state index in [1.807, 2.05) is 25.1 Å². The number of carbonyl (C=O) groups excluding carboxylic acids is 1. The highest BCUT2D eigenvalue weighted by Gasteiger charge is 2.09. The Morgan fingerprint density at radius 3 is 2.33 bits per heavy atom. The molecular formula is C15H16ClN3OS. The van der Waals surface area contributed by atoms with Crippen LogP contribution in [0.2, 0.25) is 0 Å². The van der Waals surface area contributed by atoms with Gasteiger partial charge in [-0.2, -0.15) is 0 Å². The van der Waals surface area contributed by atoms with Gasteiger partial charge in [0.25, 0.3) is 5.91 Å². The Balaban J connectivity index is 0.00000220. The van der Waals surface area contributed by atoms with Gasteiger partial charge in [-0.1, -0.05) is 18.2 Å². The van der Waals surface area contributed by atoms with Crippen LogP contribution in [0.1, 0.15) is 15.9 Å². The van der Waals surface area contributed by atoms with Crippen LogP contribution in [0.3, 0.4) is 0 Å². The number of benzene rings is 2. The van der Waals surface area contributed by atoms with Gasteiger partial charge in [0.1, 0.15) is 0 Å². The molecule has 0 saturated heterocycles. The summed E-state index contributed by atoms with van der Waals surface area (Å²) < 4.78 is 0. The maximum atomic E-state index is 12.1. The molecule has 21 heavy (non-hydrogen) atoms. The molecule has 0 atom stereocenters. The van der Waals surface area contributed by atoms with E-state index in [2.05, 4.69) is 10.6 Å². The lowest BCUT2D eigenvalue weighted by Gasteiger charge is -2.10. The standard InChI is InChI=1S/C15H15N3OS.ClH/c1-10-4-2-3-5-13(10)14(19)18-15(20)17-12-8-6-11(16)7-9-12;/h2-9H,16H2,1H3,(H2,17,18,19,20);1H. The number of carbonyl (C=O) groups is 1. The molecule has 1 amide bonds. The molecule has 0 heterocycles. The van der Waals surface area contributed by atoms with Crippen molar-refractivity contribution in [3.05, 3.63) is 59.7 Å². The van der Waals surface area contributed by atoms with Crippen LogP contribution < -0.4 is 16.4 Å². The van der Waals surface area contributed by atoms with Crippen molar-refractivity contribution < 1.29 is 4.79 Å². The van der Waals surface area contributed by atoms with E-state index < -0.39 is 0 Å². The first-order valence-electron chi connectivity index (χ1n) is 6.10. The van der Waals surface area contributed by atoms with Gasteiger partial charge in [-0.05, 0) is 55.0 Å². The Kier molecular flexibility index (Phi) is 6.14. The molecule has 2 aromatic rings. The van der Waals surface area contributed by atoms with Crippen LogP contribution in [0.15, 0.2) is 48.5 Å². The van der Waals surface area contributed by atoms with Crippen LogP contribution in [-0.4, -0.2) is 11.0 Å². The van der Waals surface area contributed by atoms with Gasteiger partial charge in [-0.25, -0.2) is 0 Å². The highest BCUT2D eigenvalue weighted by molar-refractivity contribution is 7.80. The molecule has 0 aliphatic carbocycles. The van der Waals surface area contributed by atoms with E-state index in [0.717, 1.165) is 11.3 Å². The molecule has 0 spiro atoms. The number of rotatable bonds is 2. The van der Waals surface area contributed by atoms with E-state index in [4.69, 9.17) is 18.0 Å². The number of halogens is 1. The van der Waals surface area contributed by atoms with E-state index >= 15 is 0 Å². The second kappa shape index (κ2) is 7.61. The molecule has 6 heteroatoms. The molecule has 2 aromatic carbocycles. The lowest BCUT2D eigenvalue weighted by Crippen LogP contribution is -2.34. The van der Waals surface area contributed by atoms with Gasteiger partial charge in [0.05, 0.1) is 0 Å². The molecular weight excluding hydrogens is 306 g/mol. The third-order valence-corrected chi connectivity index (χ3v) is 2.99. The molecule has 0 unspecified atom stereocenters. The van der Waals surface area contributed by atoms with Crippen molar-refractivity contribution in [2.45, 2.75) is 6.92 Å². The second-order valence-electron chi connectivity index (χ2n) is 4.35. The number of amides is 1. The highest BCUT2D eigenvalue weighted by Crippen LogP contribution is 2.11. The zero-order valence-electron chi connectivity index (χ0n) is 11.4. The quantitative estimate of drug-likeness (QED) is 0.587. The minimum absolute atomic E-state index is 0. The Morgan fingerprint density at radius 2 is 1.71 bits per heavy atom. The summed E-state index contributed by atoms with van der Waals surface area (Å²) in [5.74, 6) is -0.226. The van der Waals surface area contributed by atoms with Gasteiger partial charge in [0.15, 0.2) is 5.11 Å². The number of hydrogen-bond acceptors (Lipinski definition) is 3. The van der Waals surface area contributed by atoms with Gasteiger partial charge in [-0.15, -0.1) is 12.4 Å². The fourth-order valence-corrected chi connectivity index (χ4v) is 1.94. The number of nitrogens with one attached hydrogen (secondary N) is 2. The molecule has 0 aliphatic heterocycles. The SMILES string of the molecule is Cc1ccccc1C(=O)NC(=S)Nc1ccc(N)cc1.Cl. The highest BCUT2D eigenvalue weighted by atomic mass is 35.5. The fourth-order valence-electron chi connectivity index (χ4n) is 1.73. The molecule has 0 bridgehead atoms. The summed E-state index contributed by atoms with van der Waals surface area (Å²) in [6.45, 7) is 1.88. The van der Waals surface area contributed by atoms with Crippen molar-refractivity contribution in [2.24, 2.45) is 0 Å². The third-order valence-electron chi connectivity index (χ3n) is 2.79. The molecule has 0 aromatic heterocycles. The monoisotopic (exact) mass is 321 g/mol. The first-order valence-corrected chi connectivity index (χ1v) is 6.50. The van der Waals surface area contributed by atoms with E-state index in [-0.39, 0.29) is 23.4 Å². The van der Waals surface area contributed by atoms with Gasteiger partial charge in [0, 0.05) is 16.9 Å². The number of anilines is 2. The number of nitrogen functional groups attached to an aromatic ring is 1. The van der Waals surface area contributed by atoms with Crippen molar-refractivity contribution in [3.63, 3.8) is 0 Å². The van der Waals surface area contributed by atoms with Crippen LogP contribution in [-0.2, 0) is 0 Å². The zero-order chi connectivity index (χ0) is 14.5. The predicted molar refractivity (Wildman–Crippen MR) is 93.0 cm³/mol. The van der Waals surface area contributed by atoms with E-state index in [9.17, 15) is 4.79 Å². The fraction of sp³-hybridized carbons (Fsp3) is 0.0667. The maximum absolute atomic E-state index is 12.1. The molecule has 0 saturated carbocycles. The number of hydrogen-bond donors (Lipinski definition) is 3. The Hall–Kier alpha value is -2.11. The molecule has 4 nitrogen and oxygen atoms in total. The topological polar surface area (TPSA) is 67.2 Å². The summed E-state index contributed by atoms with van der Waals surface area (Å²) in [5.41, 5.74) is 8.55. The average Bonchev–Trinajstić information content (AvgIpc) is 2.41. The molecule has 0 aliphatic rings. The van der Waals surface area contributed by atoms with Crippen molar-refractivity contribution >= 4 is 47.0 Å². The molecule has 2 rings (SSSR count). The van der Waals surface area contributed by atoms with Gasteiger partial charge in [0.2, 0.25) is 0 Å². The Bertz CT molecular complexity index is 644. The van der Waals surface area contributed by atoms with Crippen molar-refractivity contribution in [2.75, 3.05) is 11.1 Å². The third kappa shape index (κ3) is 4.73. The van der Waals surface area contributed by atoms with Crippen LogP contribution in [0.4, 0.5) is 11.4 Å². The maximum Gasteiger partial charge on any atom is 0.257 e. The first-order chi connectivity index (χ1) is 9.56. The lowest BCUT2D eigenvalue weighted by molar-refractivity contribution is 0.0977. The molecule has 4 N–H and O–H groups in total. The van der Waals surface area contributed by atoms with Gasteiger partial charge >= 0.3 is 0 Å². The van der Waals surface area contributed by atoms with E-state index in [0.29, 0.717) is 11.3 Å². The largest absolute Gasteiger partial charge is 0.399 e. The summed E-state index contributed by atoms with van der Waals surface area (Å²) >= 11 is 5.11. The summed E-state index contributed by atoms with van der Waals surface area (Å²) in [6, 6.07) is 14.4.